The summed E-state index contributed by atoms with van der Waals surface area (Å²) in [4.78, 5) is 7.99. The van der Waals surface area contributed by atoms with E-state index in [4.69, 9.17) is 4.74 Å². The first-order chi connectivity index (χ1) is 9.20. The van der Waals surface area contributed by atoms with E-state index in [-0.39, 0.29) is 5.75 Å². The van der Waals surface area contributed by atoms with Gasteiger partial charge in [0.2, 0.25) is 5.95 Å². The maximum atomic E-state index is 9.84. The van der Waals surface area contributed by atoms with Gasteiger partial charge in [-0.2, -0.15) is 5.10 Å². The van der Waals surface area contributed by atoms with Crippen LogP contribution in [0.2, 0.25) is 0 Å². The molecule has 0 saturated heterocycles. The summed E-state index contributed by atoms with van der Waals surface area (Å²) in [7, 11) is 1.49. The van der Waals surface area contributed by atoms with E-state index in [1.807, 2.05) is 0 Å². The number of ether oxygens (including phenoxy) is 1. The van der Waals surface area contributed by atoms with Crippen LogP contribution in [-0.4, -0.2) is 28.4 Å². The number of methoxy groups -OCH3 is 1. The molecule has 2 N–H and O–H groups in total. The van der Waals surface area contributed by atoms with E-state index >= 15 is 0 Å². The van der Waals surface area contributed by atoms with Crippen LogP contribution in [0.3, 0.4) is 0 Å². The van der Waals surface area contributed by atoms with Gasteiger partial charge in [-0.3, -0.25) is 0 Å². The van der Waals surface area contributed by atoms with Crippen LogP contribution in [0, 0.1) is 0 Å². The predicted octanol–water partition coefficient (Wildman–Crippen LogP) is 2.40. The molecule has 1 aromatic carbocycles. The summed E-state index contributed by atoms with van der Waals surface area (Å²) < 4.78 is 5.79. The average molecular weight is 323 g/mol. The number of aromatic hydroxyl groups is 1. The number of anilines is 1. The molecule has 2 aromatic rings. The third kappa shape index (κ3) is 3.41. The fraction of sp³-hybridized carbons (Fsp3) is 0.0833. The van der Waals surface area contributed by atoms with Crippen molar-refractivity contribution in [3.8, 4) is 11.5 Å². The van der Waals surface area contributed by atoms with Gasteiger partial charge in [-0.1, -0.05) is 6.07 Å². The first-order valence-electron chi connectivity index (χ1n) is 5.33. The number of phenols is 1. The molecule has 0 atom stereocenters. The Bertz CT molecular complexity index is 587. The standard InChI is InChI=1S/C12H11BrN4O2/c1-19-10-4-2-3-8(11(10)18)5-16-17-12-14-6-9(13)7-15-12/h2-7,18H,1H3,(H,14,15,17)/b16-5+. The molecule has 0 bridgehead atoms. The number of benzene rings is 1. The van der Waals surface area contributed by atoms with Gasteiger partial charge in [-0.05, 0) is 28.1 Å². The van der Waals surface area contributed by atoms with Crippen molar-refractivity contribution in [3.63, 3.8) is 0 Å². The van der Waals surface area contributed by atoms with Gasteiger partial charge < -0.3 is 9.84 Å². The van der Waals surface area contributed by atoms with Gasteiger partial charge in [0.15, 0.2) is 11.5 Å². The molecule has 0 unspecified atom stereocenters. The van der Waals surface area contributed by atoms with E-state index in [0.29, 0.717) is 17.3 Å². The second kappa shape index (κ2) is 6.14. The predicted molar refractivity (Wildman–Crippen MR) is 75.6 cm³/mol. The number of phenolic OH excluding ortho intramolecular Hbond substituents is 1. The molecule has 98 valence electrons. The van der Waals surface area contributed by atoms with Crippen LogP contribution in [0.25, 0.3) is 0 Å². The number of nitrogens with zero attached hydrogens (tertiary/aromatic N) is 3. The maximum absolute atomic E-state index is 9.84. The van der Waals surface area contributed by atoms with Crippen LogP contribution < -0.4 is 10.2 Å². The van der Waals surface area contributed by atoms with E-state index in [1.54, 1.807) is 30.6 Å². The molecular weight excluding hydrogens is 312 g/mol. The zero-order chi connectivity index (χ0) is 13.7. The molecule has 0 amide bonds. The number of nitrogens with one attached hydrogen (secondary N) is 1. The number of halogens is 1. The molecule has 0 radical (unpaired) electrons. The highest BCUT2D eigenvalue weighted by Gasteiger charge is 2.04. The minimum absolute atomic E-state index is 0.0345. The van der Waals surface area contributed by atoms with Gasteiger partial charge in [0.05, 0.1) is 17.8 Å². The Balaban J connectivity index is 2.09. The van der Waals surface area contributed by atoms with Crippen molar-refractivity contribution in [1.29, 1.82) is 0 Å². The van der Waals surface area contributed by atoms with Crippen LogP contribution in [0.1, 0.15) is 5.56 Å². The third-order valence-electron chi connectivity index (χ3n) is 2.24. The summed E-state index contributed by atoms with van der Waals surface area (Å²) in [6.07, 6.45) is 4.67. The normalized spacial score (nSPS) is 10.6. The zero-order valence-corrected chi connectivity index (χ0v) is 11.6. The van der Waals surface area contributed by atoms with Gasteiger partial charge >= 0.3 is 0 Å². The summed E-state index contributed by atoms with van der Waals surface area (Å²) in [5, 5.41) is 13.8. The largest absolute Gasteiger partial charge is 0.504 e. The lowest BCUT2D eigenvalue weighted by atomic mass is 10.2. The lowest BCUT2D eigenvalue weighted by Crippen LogP contribution is -1.96. The Morgan fingerprint density at radius 1 is 1.37 bits per heavy atom. The van der Waals surface area contributed by atoms with E-state index in [1.165, 1.54) is 13.3 Å². The fourth-order valence-electron chi connectivity index (χ4n) is 1.34. The first-order valence-corrected chi connectivity index (χ1v) is 6.12. The highest BCUT2D eigenvalue weighted by molar-refractivity contribution is 9.10. The summed E-state index contributed by atoms with van der Waals surface area (Å²) in [5.41, 5.74) is 3.19. The van der Waals surface area contributed by atoms with Crippen LogP contribution in [0.4, 0.5) is 5.95 Å². The van der Waals surface area contributed by atoms with Crippen LogP contribution in [0.5, 0.6) is 11.5 Å². The lowest BCUT2D eigenvalue weighted by Gasteiger charge is -2.04. The number of rotatable bonds is 4. The molecular formula is C12H11BrN4O2. The number of aromatic nitrogens is 2. The van der Waals surface area contributed by atoms with E-state index < -0.39 is 0 Å². The maximum Gasteiger partial charge on any atom is 0.243 e. The molecule has 7 heteroatoms. The third-order valence-corrected chi connectivity index (χ3v) is 2.65. The van der Waals surface area contributed by atoms with Crippen molar-refractivity contribution in [2.75, 3.05) is 12.5 Å². The Morgan fingerprint density at radius 3 is 2.79 bits per heavy atom. The average Bonchev–Trinajstić information content (AvgIpc) is 2.43. The smallest absolute Gasteiger partial charge is 0.243 e. The van der Waals surface area contributed by atoms with Crippen molar-refractivity contribution in [3.05, 3.63) is 40.6 Å². The highest BCUT2D eigenvalue weighted by atomic mass is 79.9. The molecule has 0 saturated carbocycles. The minimum Gasteiger partial charge on any atom is -0.504 e. The first kappa shape index (κ1) is 13.3. The SMILES string of the molecule is COc1cccc(/C=N/Nc2ncc(Br)cn2)c1O. The number of hydrogen-bond donors (Lipinski definition) is 2. The van der Waals surface area contributed by atoms with E-state index in [0.717, 1.165) is 4.47 Å². The molecule has 0 spiro atoms. The molecule has 0 aliphatic carbocycles. The zero-order valence-electron chi connectivity index (χ0n) is 10.0. The monoisotopic (exact) mass is 322 g/mol. The van der Waals surface area contributed by atoms with Crippen molar-refractivity contribution < 1.29 is 9.84 Å². The summed E-state index contributed by atoms with van der Waals surface area (Å²) in [6.45, 7) is 0. The molecule has 19 heavy (non-hydrogen) atoms. The molecule has 0 aliphatic heterocycles. The van der Waals surface area contributed by atoms with E-state index in [2.05, 4.69) is 36.4 Å². The number of hydrazone groups is 1. The van der Waals surface area contributed by atoms with E-state index in [9.17, 15) is 5.11 Å². The Morgan fingerprint density at radius 2 is 2.11 bits per heavy atom. The Labute approximate surface area is 118 Å². The van der Waals surface area contributed by atoms with Crippen molar-refractivity contribution in [1.82, 2.24) is 9.97 Å². The minimum atomic E-state index is 0.0345. The number of hydrogen-bond acceptors (Lipinski definition) is 6. The summed E-state index contributed by atoms with van der Waals surface area (Å²) >= 11 is 3.24. The Kier molecular flexibility index (Phi) is 4.30. The molecule has 1 aromatic heterocycles. The fourth-order valence-corrected chi connectivity index (χ4v) is 1.54. The molecule has 0 aliphatic rings. The van der Waals surface area contributed by atoms with Crippen molar-refractivity contribution in [2.24, 2.45) is 5.10 Å². The second-order valence-electron chi connectivity index (χ2n) is 3.49. The molecule has 1 heterocycles. The molecule has 2 rings (SSSR count). The molecule has 0 fully saturated rings. The molecule has 6 nitrogen and oxygen atoms in total. The van der Waals surface area contributed by atoms with Crippen molar-refractivity contribution >= 4 is 28.1 Å². The van der Waals surface area contributed by atoms with Crippen LogP contribution in [-0.2, 0) is 0 Å². The van der Waals surface area contributed by atoms with Gasteiger partial charge in [-0.15, -0.1) is 0 Å². The van der Waals surface area contributed by atoms with Crippen LogP contribution in [0.15, 0.2) is 40.2 Å². The highest BCUT2D eigenvalue weighted by Crippen LogP contribution is 2.27. The van der Waals surface area contributed by atoms with Crippen LogP contribution >= 0.6 is 15.9 Å². The summed E-state index contributed by atoms with van der Waals surface area (Å²) in [6, 6.07) is 5.14. The van der Waals surface area contributed by atoms with Gasteiger partial charge in [-0.25, -0.2) is 15.4 Å². The quantitative estimate of drug-likeness (QED) is 0.667. The van der Waals surface area contributed by atoms with Crippen molar-refractivity contribution in [2.45, 2.75) is 0 Å². The second-order valence-corrected chi connectivity index (χ2v) is 4.41. The van der Waals surface area contributed by atoms with Gasteiger partial charge in [0.25, 0.3) is 0 Å². The van der Waals surface area contributed by atoms with Gasteiger partial charge in [0, 0.05) is 18.0 Å². The van der Waals surface area contributed by atoms with Gasteiger partial charge in [0.1, 0.15) is 0 Å². The summed E-state index contributed by atoms with van der Waals surface area (Å²) in [5.74, 6) is 0.790. The number of para-hydroxylation sites is 1. The Hall–Kier alpha value is -2.15. The topological polar surface area (TPSA) is 79.6 Å². The lowest BCUT2D eigenvalue weighted by molar-refractivity contribution is 0.373.